The van der Waals surface area contributed by atoms with Gasteiger partial charge in [-0.25, -0.2) is 17.5 Å². The number of hydrogen-bond acceptors (Lipinski definition) is 5. The van der Waals surface area contributed by atoms with Crippen molar-refractivity contribution in [2.45, 2.75) is 37.9 Å². The lowest BCUT2D eigenvalue weighted by atomic mass is 10.1. The molecule has 27 heavy (non-hydrogen) atoms. The third-order valence-electron chi connectivity index (χ3n) is 3.56. The van der Waals surface area contributed by atoms with E-state index < -0.39 is 21.6 Å². The minimum absolute atomic E-state index is 0.0578. The van der Waals surface area contributed by atoms with E-state index in [2.05, 4.69) is 4.72 Å². The third kappa shape index (κ3) is 6.65. The standard InChI is InChI=1S/C19H22FNO5S/c1-14(22)26-19(2,3)13-21-27(23,24)18-10-8-17(9-11-18)25-12-15-4-6-16(20)7-5-15/h4-11,21H,12-13H2,1-3H3. The van der Waals surface area contributed by atoms with Gasteiger partial charge in [-0.05, 0) is 55.8 Å². The van der Waals surface area contributed by atoms with Crippen LogP contribution in [0.4, 0.5) is 4.39 Å². The number of carbonyl (C=O) groups excluding carboxylic acids is 1. The second-order valence-electron chi connectivity index (χ2n) is 6.56. The molecule has 0 saturated carbocycles. The lowest BCUT2D eigenvalue weighted by Gasteiger charge is -2.24. The summed E-state index contributed by atoms with van der Waals surface area (Å²) in [5.74, 6) is -0.321. The van der Waals surface area contributed by atoms with Gasteiger partial charge in [-0.1, -0.05) is 12.1 Å². The van der Waals surface area contributed by atoms with Crippen molar-refractivity contribution in [2.75, 3.05) is 6.54 Å². The Labute approximate surface area is 158 Å². The highest BCUT2D eigenvalue weighted by molar-refractivity contribution is 7.89. The van der Waals surface area contributed by atoms with Crippen LogP contribution in [0.25, 0.3) is 0 Å². The van der Waals surface area contributed by atoms with Crippen LogP contribution in [0.5, 0.6) is 5.75 Å². The van der Waals surface area contributed by atoms with Gasteiger partial charge in [0.15, 0.2) is 0 Å². The summed E-state index contributed by atoms with van der Waals surface area (Å²) < 4.78 is 50.6. The van der Waals surface area contributed by atoms with Crippen LogP contribution in [0.1, 0.15) is 26.3 Å². The van der Waals surface area contributed by atoms with E-state index >= 15 is 0 Å². The van der Waals surface area contributed by atoms with Gasteiger partial charge in [0.25, 0.3) is 0 Å². The van der Waals surface area contributed by atoms with Crippen LogP contribution in [-0.4, -0.2) is 26.5 Å². The molecular weight excluding hydrogens is 373 g/mol. The molecule has 8 heteroatoms. The van der Waals surface area contributed by atoms with Gasteiger partial charge < -0.3 is 9.47 Å². The van der Waals surface area contributed by atoms with Crippen LogP contribution in [0.15, 0.2) is 53.4 Å². The Hall–Kier alpha value is -2.45. The summed E-state index contributed by atoms with van der Waals surface area (Å²) in [6, 6.07) is 11.8. The summed E-state index contributed by atoms with van der Waals surface area (Å²) in [6.45, 7) is 4.67. The topological polar surface area (TPSA) is 81.7 Å². The number of carbonyl (C=O) groups is 1. The highest BCUT2D eigenvalue weighted by Crippen LogP contribution is 2.18. The van der Waals surface area contributed by atoms with Crippen molar-refractivity contribution in [3.05, 3.63) is 59.9 Å². The molecule has 0 heterocycles. The molecule has 0 atom stereocenters. The van der Waals surface area contributed by atoms with E-state index in [0.29, 0.717) is 5.75 Å². The van der Waals surface area contributed by atoms with Gasteiger partial charge in [-0.15, -0.1) is 0 Å². The van der Waals surface area contributed by atoms with Gasteiger partial charge >= 0.3 is 5.97 Å². The zero-order valence-corrected chi connectivity index (χ0v) is 16.2. The first-order chi connectivity index (χ1) is 12.6. The summed E-state index contributed by atoms with van der Waals surface area (Å²) in [4.78, 5) is 11.1. The molecule has 0 bridgehead atoms. The number of ether oxygens (including phenoxy) is 2. The third-order valence-corrected chi connectivity index (χ3v) is 4.98. The Kier molecular flexibility index (Phi) is 6.56. The molecule has 0 aliphatic carbocycles. The number of rotatable bonds is 8. The van der Waals surface area contributed by atoms with Gasteiger partial charge in [-0.2, -0.15) is 0 Å². The number of nitrogens with one attached hydrogen (secondary N) is 1. The Bertz CT molecular complexity index is 877. The van der Waals surface area contributed by atoms with Gasteiger partial charge in [0.1, 0.15) is 23.8 Å². The average Bonchev–Trinajstić information content (AvgIpc) is 2.59. The van der Waals surface area contributed by atoms with Crippen molar-refractivity contribution in [3.63, 3.8) is 0 Å². The van der Waals surface area contributed by atoms with E-state index in [1.54, 1.807) is 26.0 Å². The predicted octanol–water partition coefficient (Wildman–Crippen LogP) is 3.02. The summed E-state index contributed by atoms with van der Waals surface area (Å²) >= 11 is 0. The molecule has 0 saturated heterocycles. The minimum Gasteiger partial charge on any atom is -0.489 e. The molecule has 0 aliphatic heterocycles. The predicted molar refractivity (Wildman–Crippen MR) is 98.2 cm³/mol. The van der Waals surface area contributed by atoms with Gasteiger partial charge in [0, 0.05) is 6.92 Å². The number of halogens is 1. The fourth-order valence-electron chi connectivity index (χ4n) is 2.24. The van der Waals surface area contributed by atoms with E-state index in [1.807, 2.05) is 0 Å². The number of esters is 1. The summed E-state index contributed by atoms with van der Waals surface area (Å²) in [7, 11) is -3.76. The monoisotopic (exact) mass is 395 g/mol. The van der Waals surface area contributed by atoms with Crippen molar-refractivity contribution in [3.8, 4) is 5.75 Å². The van der Waals surface area contributed by atoms with Crippen LogP contribution < -0.4 is 9.46 Å². The number of benzene rings is 2. The Morgan fingerprint density at radius 2 is 1.67 bits per heavy atom. The molecule has 0 aromatic heterocycles. The minimum atomic E-state index is -3.76. The van der Waals surface area contributed by atoms with E-state index in [0.717, 1.165) is 5.56 Å². The highest BCUT2D eigenvalue weighted by atomic mass is 32.2. The maximum atomic E-state index is 12.9. The first-order valence-corrected chi connectivity index (χ1v) is 9.72. The van der Waals surface area contributed by atoms with Gasteiger partial charge in [0.2, 0.25) is 10.0 Å². The fourth-order valence-corrected chi connectivity index (χ4v) is 3.44. The molecular formula is C19H22FNO5S. The smallest absolute Gasteiger partial charge is 0.303 e. The lowest BCUT2D eigenvalue weighted by Crippen LogP contribution is -2.41. The molecule has 0 aliphatic rings. The van der Waals surface area contributed by atoms with E-state index in [4.69, 9.17) is 9.47 Å². The summed E-state index contributed by atoms with van der Waals surface area (Å²) in [6.07, 6.45) is 0. The molecule has 2 rings (SSSR count). The Balaban J connectivity index is 1.96. The molecule has 1 N–H and O–H groups in total. The molecule has 146 valence electrons. The van der Waals surface area contributed by atoms with Crippen molar-refractivity contribution >= 4 is 16.0 Å². The van der Waals surface area contributed by atoms with E-state index in [1.165, 1.54) is 43.3 Å². The first-order valence-electron chi connectivity index (χ1n) is 8.24. The lowest BCUT2D eigenvalue weighted by molar-refractivity contribution is -0.152. The first kappa shape index (κ1) is 20.9. The molecule has 0 spiro atoms. The Morgan fingerprint density at radius 1 is 1.07 bits per heavy atom. The second-order valence-corrected chi connectivity index (χ2v) is 8.33. The Morgan fingerprint density at radius 3 is 2.22 bits per heavy atom. The normalized spacial score (nSPS) is 11.9. The van der Waals surface area contributed by atoms with E-state index in [-0.39, 0.29) is 23.9 Å². The quantitative estimate of drug-likeness (QED) is 0.695. The molecule has 0 amide bonds. The summed E-state index contributed by atoms with van der Waals surface area (Å²) in [5.41, 5.74) is -0.167. The maximum Gasteiger partial charge on any atom is 0.303 e. The molecule has 2 aromatic carbocycles. The summed E-state index contributed by atoms with van der Waals surface area (Å²) in [5, 5.41) is 0. The maximum absolute atomic E-state index is 12.9. The zero-order chi connectivity index (χ0) is 20.1. The van der Waals surface area contributed by atoms with Crippen LogP contribution in [0, 0.1) is 5.82 Å². The van der Waals surface area contributed by atoms with Crippen molar-refractivity contribution in [1.29, 1.82) is 0 Å². The van der Waals surface area contributed by atoms with E-state index in [9.17, 15) is 17.6 Å². The second kappa shape index (κ2) is 8.49. The van der Waals surface area contributed by atoms with Crippen LogP contribution >= 0.6 is 0 Å². The highest BCUT2D eigenvalue weighted by Gasteiger charge is 2.24. The van der Waals surface area contributed by atoms with Crippen molar-refractivity contribution < 1.29 is 27.1 Å². The fraction of sp³-hybridized carbons (Fsp3) is 0.316. The zero-order valence-electron chi connectivity index (χ0n) is 15.4. The van der Waals surface area contributed by atoms with Crippen molar-refractivity contribution in [2.24, 2.45) is 0 Å². The number of sulfonamides is 1. The molecule has 0 unspecified atom stereocenters. The van der Waals surface area contributed by atoms with Gasteiger partial charge in [0.05, 0.1) is 11.4 Å². The SMILES string of the molecule is CC(=O)OC(C)(C)CNS(=O)(=O)c1ccc(OCc2ccc(F)cc2)cc1. The van der Waals surface area contributed by atoms with Crippen LogP contribution in [0.2, 0.25) is 0 Å². The molecule has 6 nitrogen and oxygen atoms in total. The van der Waals surface area contributed by atoms with Gasteiger partial charge in [-0.3, -0.25) is 4.79 Å². The molecule has 0 radical (unpaired) electrons. The molecule has 2 aromatic rings. The van der Waals surface area contributed by atoms with Crippen LogP contribution in [-0.2, 0) is 26.2 Å². The van der Waals surface area contributed by atoms with Crippen molar-refractivity contribution in [1.82, 2.24) is 4.72 Å². The van der Waals surface area contributed by atoms with Crippen LogP contribution in [0.3, 0.4) is 0 Å². The average molecular weight is 395 g/mol. The largest absolute Gasteiger partial charge is 0.489 e. The molecule has 0 fully saturated rings. The number of hydrogen-bond donors (Lipinski definition) is 1.